The average molecular weight is 233 g/mol. The van der Waals surface area contributed by atoms with E-state index in [-0.39, 0.29) is 0 Å². The maximum atomic E-state index is 11.0. The van der Waals surface area contributed by atoms with Gasteiger partial charge in [-0.05, 0) is 30.9 Å². The molecule has 1 fully saturated rings. The van der Waals surface area contributed by atoms with Crippen molar-refractivity contribution in [3.63, 3.8) is 0 Å². The van der Waals surface area contributed by atoms with Crippen LogP contribution in [0.4, 0.5) is 5.69 Å². The number of rotatable bonds is 4. The summed E-state index contributed by atoms with van der Waals surface area (Å²) in [6, 6.07) is 7.71. The van der Waals surface area contributed by atoms with E-state index in [1.807, 2.05) is 31.3 Å². The summed E-state index contributed by atoms with van der Waals surface area (Å²) in [5.41, 5.74) is 1.76. The van der Waals surface area contributed by atoms with Crippen LogP contribution in [0.2, 0.25) is 0 Å². The fourth-order valence-corrected chi connectivity index (χ4v) is 2.37. The maximum absolute atomic E-state index is 11.0. The fourth-order valence-electron chi connectivity index (χ4n) is 2.37. The number of para-hydroxylation sites is 1. The average Bonchev–Trinajstić information content (AvgIpc) is 2.40. The van der Waals surface area contributed by atoms with E-state index in [1.165, 1.54) is 6.42 Å². The van der Waals surface area contributed by atoms with Gasteiger partial charge in [0.2, 0.25) is 0 Å². The second-order valence-electron chi connectivity index (χ2n) is 4.64. The molecule has 2 rings (SSSR count). The molecular weight excluding hydrogens is 214 g/mol. The van der Waals surface area contributed by atoms with Gasteiger partial charge >= 0.3 is 0 Å². The molecule has 1 aromatic rings. The highest BCUT2D eigenvalue weighted by atomic mass is 16.5. The molecular formula is C14H19NO2. The summed E-state index contributed by atoms with van der Waals surface area (Å²) in [5.74, 6) is 0.577. The Hall–Kier alpha value is -1.35. The first kappa shape index (κ1) is 12.1. The van der Waals surface area contributed by atoms with E-state index < -0.39 is 0 Å². The van der Waals surface area contributed by atoms with Crippen LogP contribution >= 0.6 is 0 Å². The lowest BCUT2D eigenvalue weighted by molar-refractivity contribution is 0.0576. The van der Waals surface area contributed by atoms with Crippen LogP contribution in [0.25, 0.3) is 0 Å². The van der Waals surface area contributed by atoms with Crippen LogP contribution in [-0.4, -0.2) is 33.1 Å². The molecule has 1 heterocycles. The standard InChI is InChI=1S/C14H19NO2/c1-15(9-12-5-4-8-17-11-12)14-7-3-2-6-13(14)10-16/h2-3,6-7,10,12H,4-5,8-9,11H2,1H3. The minimum absolute atomic E-state index is 0.577. The minimum atomic E-state index is 0.577. The molecule has 1 atom stereocenters. The summed E-state index contributed by atoms with van der Waals surface area (Å²) in [6.45, 7) is 2.68. The van der Waals surface area contributed by atoms with Gasteiger partial charge in [-0.1, -0.05) is 12.1 Å². The Morgan fingerprint density at radius 3 is 3.00 bits per heavy atom. The Kier molecular flexibility index (Phi) is 4.15. The van der Waals surface area contributed by atoms with Gasteiger partial charge in [0.25, 0.3) is 0 Å². The molecule has 0 bridgehead atoms. The van der Waals surface area contributed by atoms with Gasteiger partial charge < -0.3 is 9.64 Å². The molecule has 0 aliphatic carbocycles. The summed E-state index contributed by atoms with van der Waals surface area (Å²) in [4.78, 5) is 13.1. The number of hydrogen-bond acceptors (Lipinski definition) is 3. The third kappa shape index (κ3) is 3.07. The molecule has 17 heavy (non-hydrogen) atoms. The second-order valence-corrected chi connectivity index (χ2v) is 4.64. The fraction of sp³-hybridized carbons (Fsp3) is 0.500. The van der Waals surface area contributed by atoms with E-state index in [9.17, 15) is 4.79 Å². The lowest BCUT2D eigenvalue weighted by Gasteiger charge is -2.29. The van der Waals surface area contributed by atoms with Crippen molar-refractivity contribution in [1.29, 1.82) is 0 Å². The van der Waals surface area contributed by atoms with Crippen LogP contribution in [0.3, 0.4) is 0 Å². The van der Waals surface area contributed by atoms with Crippen LogP contribution in [0.5, 0.6) is 0 Å². The normalized spacial score (nSPS) is 19.9. The molecule has 0 amide bonds. The van der Waals surface area contributed by atoms with E-state index >= 15 is 0 Å². The molecule has 3 nitrogen and oxygen atoms in total. The van der Waals surface area contributed by atoms with Gasteiger partial charge in [-0.2, -0.15) is 0 Å². The van der Waals surface area contributed by atoms with Gasteiger partial charge in [-0.3, -0.25) is 4.79 Å². The van der Waals surface area contributed by atoms with E-state index in [1.54, 1.807) is 0 Å². The Morgan fingerprint density at radius 2 is 2.29 bits per heavy atom. The van der Waals surface area contributed by atoms with Crippen LogP contribution in [0.15, 0.2) is 24.3 Å². The lowest BCUT2D eigenvalue weighted by atomic mass is 10.0. The zero-order valence-corrected chi connectivity index (χ0v) is 10.3. The largest absolute Gasteiger partial charge is 0.381 e. The topological polar surface area (TPSA) is 29.5 Å². The molecule has 0 aromatic heterocycles. The predicted octanol–water partition coefficient (Wildman–Crippen LogP) is 2.36. The molecule has 92 valence electrons. The van der Waals surface area contributed by atoms with Crippen molar-refractivity contribution in [1.82, 2.24) is 0 Å². The van der Waals surface area contributed by atoms with E-state index in [0.717, 1.165) is 43.7 Å². The Labute approximate surface area is 102 Å². The van der Waals surface area contributed by atoms with Crippen LogP contribution in [-0.2, 0) is 4.74 Å². The summed E-state index contributed by atoms with van der Waals surface area (Å²) in [5, 5.41) is 0. The summed E-state index contributed by atoms with van der Waals surface area (Å²) >= 11 is 0. The third-order valence-corrected chi connectivity index (χ3v) is 3.26. The first-order valence-electron chi connectivity index (χ1n) is 6.14. The maximum Gasteiger partial charge on any atom is 0.152 e. The van der Waals surface area contributed by atoms with Crippen molar-refractivity contribution in [3.05, 3.63) is 29.8 Å². The highest BCUT2D eigenvalue weighted by Gasteiger charge is 2.17. The predicted molar refractivity (Wildman–Crippen MR) is 68.6 cm³/mol. The van der Waals surface area contributed by atoms with E-state index in [4.69, 9.17) is 4.74 Å². The number of nitrogens with zero attached hydrogens (tertiary/aromatic N) is 1. The van der Waals surface area contributed by atoms with Crippen molar-refractivity contribution in [2.24, 2.45) is 5.92 Å². The minimum Gasteiger partial charge on any atom is -0.381 e. The smallest absolute Gasteiger partial charge is 0.152 e. The Bertz CT molecular complexity index is 372. The molecule has 1 saturated heterocycles. The number of carbonyl (C=O) groups excluding carboxylic acids is 1. The monoisotopic (exact) mass is 233 g/mol. The van der Waals surface area contributed by atoms with Crippen molar-refractivity contribution >= 4 is 12.0 Å². The zero-order valence-electron chi connectivity index (χ0n) is 10.3. The van der Waals surface area contributed by atoms with Crippen LogP contribution < -0.4 is 4.90 Å². The van der Waals surface area contributed by atoms with Gasteiger partial charge in [0.05, 0.1) is 6.61 Å². The van der Waals surface area contributed by atoms with Crippen LogP contribution in [0, 0.1) is 5.92 Å². The highest BCUT2D eigenvalue weighted by molar-refractivity contribution is 5.84. The first-order chi connectivity index (χ1) is 8.31. The number of benzene rings is 1. The zero-order chi connectivity index (χ0) is 12.1. The summed E-state index contributed by atoms with van der Waals surface area (Å²) in [6.07, 6.45) is 3.28. The number of ether oxygens (including phenoxy) is 1. The van der Waals surface area contributed by atoms with E-state index in [0.29, 0.717) is 5.92 Å². The summed E-state index contributed by atoms with van der Waals surface area (Å²) < 4.78 is 5.48. The summed E-state index contributed by atoms with van der Waals surface area (Å²) in [7, 11) is 2.04. The SMILES string of the molecule is CN(CC1CCCOC1)c1ccccc1C=O. The van der Waals surface area contributed by atoms with Crippen molar-refractivity contribution in [2.75, 3.05) is 31.7 Å². The molecule has 0 N–H and O–H groups in total. The Balaban J connectivity index is 2.02. The quantitative estimate of drug-likeness (QED) is 0.748. The number of carbonyl (C=O) groups is 1. The first-order valence-corrected chi connectivity index (χ1v) is 6.14. The van der Waals surface area contributed by atoms with E-state index in [2.05, 4.69) is 4.90 Å². The van der Waals surface area contributed by atoms with Crippen molar-refractivity contribution in [3.8, 4) is 0 Å². The molecule has 0 spiro atoms. The highest BCUT2D eigenvalue weighted by Crippen LogP contribution is 2.21. The third-order valence-electron chi connectivity index (χ3n) is 3.26. The molecule has 0 saturated carbocycles. The molecule has 1 unspecified atom stereocenters. The molecule has 1 aromatic carbocycles. The molecule has 0 radical (unpaired) electrons. The number of aldehydes is 1. The molecule has 3 heteroatoms. The van der Waals surface area contributed by atoms with Crippen LogP contribution in [0.1, 0.15) is 23.2 Å². The van der Waals surface area contributed by atoms with Gasteiger partial charge in [-0.15, -0.1) is 0 Å². The van der Waals surface area contributed by atoms with Crippen molar-refractivity contribution in [2.45, 2.75) is 12.8 Å². The van der Waals surface area contributed by atoms with Crippen molar-refractivity contribution < 1.29 is 9.53 Å². The van der Waals surface area contributed by atoms with Gasteiger partial charge in [0, 0.05) is 31.5 Å². The molecule has 1 aliphatic rings. The van der Waals surface area contributed by atoms with Gasteiger partial charge in [0.15, 0.2) is 6.29 Å². The lowest BCUT2D eigenvalue weighted by Crippen LogP contribution is -2.31. The number of hydrogen-bond donors (Lipinski definition) is 0. The molecule has 1 aliphatic heterocycles. The van der Waals surface area contributed by atoms with Gasteiger partial charge in [0.1, 0.15) is 0 Å². The Morgan fingerprint density at radius 1 is 1.47 bits per heavy atom. The van der Waals surface area contributed by atoms with Gasteiger partial charge in [-0.25, -0.2) is 0 Å². The second kappa shape index (κ2) is 5.82. The number of anilines is 1.